The summed E-state index contributed by atoms with van der Waals surface area (Å²) in [5.41, 5.74) is 10.4. The molecule has 10 rings (SSSR count). The van der Waals surface area contributed by atoms with E-state index in [0.29, 0.717) is 73.8 Å². The third-order valence-electron chi connectivity index (χ3n) is 23.5. The van der Waals surface area contributed by atoms with Crippen molar-refractivity contribution in [3.05, 3.63) is 101 Å². The molecule has 3 aromatic carbocycles. The van der Waals surface area contributed by atoms with Gasteiger partial charge >= 0.3 is 45.6 Å². The van der Waals surface area contributed by atoms with Gasteiger partial charge in [0.15, 0.2) is 67.2 Å². The molecule has 2 heterocycles. The zero-order valence-electron chi connectivity index (χ0n) is 63.8. The lowest BCUT2D eigenvalue weighted by Gasteiger charge is -2.70. The van der Waals surface area contributed by atoms with Crippen molar-refractivity contribution in [2.24, 2.45) is 50.2 Å². The average Bonchev–Trinajstić information content (AvgIpc) is 0.672. The van der Waals surface area contributed by atoms with Crippen LogP contribution in [0, 0.1) is 71.0 Å². The maximum atomic E-state index is 15.8. The Morgan fingerprint density at radius 2 is 0.862 bits per heavy atom. The Morgan fingerprint density at radius 1 is 0.459 bits per heavy atom. The van der Waals surface area contributed by atoms with Crippen molar-refractivity contribution >= 4 is 122 Å². The summed E-state index contributed by atoms with van der Waals surface area (Å²) in [6, 6.07) is 21.8. The molecule has 33 heteroatoms. The predicted octanol–water partition coefficient (Wildman–Crippen LogP) is 10.3. The van der Waals surface area contributed by atoms with E-state index in [1.807, 2.05) is 96.1 Å². The lowest BCUT2D eigenvalue weighted by Crippen LogP contribution is -2.70. The van der Waals surface area contributed by atoms with Crippen LogP contribution >= 0.6 is 35.8 Å². The molecule has 30 nitrogen and oxygen atoms in total. The number of hydrogen-bond donors (Lipinski definition) is 9. The standard InChI is InChI=1S/C76H99N9O21S3/c1-38-16-22-46(23-17-38)80-83-107-68(95)77-63(92)58-55(99-42(5)87)57(101-44(7)89)61(106-66-60(102-45(8)90)56(100-43(6)88)54(98-41(4)86)59(105-66)64(93)78-69(96)108-84-81-47-24-18-39(2)19-25-47)65(104-58)103-53-29-30-74(13)52(71(53,9)10)28-31-76(15)62(74)51(91)36-49-50-37-73(12,33-32-72(50,11)34-35-75(49,76)14)67(94)79-70(97)109-85-82-48-26-20-40(3)21-27-48/h16-27,36,50,52-62,65-66,80-85H,28-35,37H2,1-15H3,(H,77,92,95)(H,78,93,96)(H,79,94,97)/t50-,52-,53-,54-,55-,56-,57-,58-,59-,60+,61+,62+,65-,66+,72+,73-,74-,75+,76+/m0/s1. The SMILES string of the molecule is CC(=O)O[C@@H]1[C@@H](OC(C)=O)[C@@H](O[C@H]2[C@@H](O[C@H]3CC[C@]4(C)[C@H]5C(=O)C=C6[C@@H]7C[C@@](C)(C(=O)NC(=O)SNNc8ccc(C)cc8)CC[C@]7(C)CC[C@@]6(C)[C@]5(C)CC[C@H]4C3(C)C)O[C@H](C(=O)NC(=O)SNNc3ccc(C)cc3)[C@@H](OC(C)=O)[C@@H]2OC(C)=O)O[C@H](C(=O)NC(=O)SNNc2ccc(C)cc2)[C@H]1OC(C)=O. The molecule has 19 atom stereocenters. The highest BCUT2D eigenvalue weighted by Crippen LogP contribution is 2.75. The number of nitrogens with one attached hydrogen (secondary N) is 9. The molecular formula is C76H99N9O21S3. The second kappa shape index (κ2) is 33.9. The molecule has 3 aromatic rings. The Kier molecular flexibility index (Phi) is 26.0. The topological polar surface area (TPSA) is 396 Å². The molecule has 592 valence electrons. The number of fused-ring (bicyclic) bond motifs is 7. The lowest BCUT2D eigenvalue weighted by atomic mass is 9.33. The summed E-state index contributed by atoms with van der Waals surface area (Å²) in [6.45, 7) is 25.4. The Labute approximate surface area is 646 Å². The molecule has 2 aliphatic heterocycles. The van der Waals surface area contributed by atoms with Gasteiger partial charge in [-0.3, -0.25) is 73.5 Å². The van der Waals surface area contributed by atoms with E-state index in [2.05, 4.69) is 74.4 Å². The first-order valence-corrected chi connectivity index (χ1v) is 38.8. The molecule has 5 aliphatic carbocycles. The highest BCUT2D eigenvalue weighted by Gasteiger charge is 2.71. The number of carbonyl (C=O) groups excluding carboxylic acids is 12. The zero-order chi connectivity index (χ0) is 79.5. The highest BCUT2D eigenvalue weighted by atomic mass is 32.2. The molecule has 7 aliphatic rings. The number of imide groups is 3. The minimum Gasteiger partial charge on any atom is -0.455 e. The molecule has 6 amide bonds. The fourth-order valence-corrected chi connectivity index (χ4v) is 19.1. The first-order chi connectivity index (χ1) is 51.3. The van der Waals surface area contributed by atoms with E-state index in [9.17, 15) is 52.7 Å². The molecule has 0 spiro atoms. The van der Waals surface area contributed by atoms with Crippen molar-refractivity contribution in [3.8, 4) is 0 Å². The molecule has 4 saturated carbocycles. The van der Waals surface area contributed by atoms with Crippen molar-refractivity contribution in [2.75, 3.05) is 16.3 Å². The molecule has 0 aromatic heterocycles. The predicted molar refractivity (Wildman–Crippen MR) is 401 cm³/mol. The number of ether oxygens (including phenoxy) is 9. The number of anilines is 3. The van der Waals surface area contributed by atoms with Crippen molar-refractivity contribution in [2.45, 2.75) is 229 Å². The molecule has 9 N–H and O–H groups in total. The Balaban J connectivity index is 0.971. The van der Waals surface area contributed by atoms with E-state index >= 15 is 4.79 Å². The van der Waals surface area contributed by atoms with Crippen LogP contribution in [0.15, 0.2) is 84.4 Å². The fraction of sp³-hybridized carbons (Fsp3) is 0.579. The third-order valence-corrected chi connectivity index (χ3v) is 25.0. The van der Waals surface area contributed by atoms with Crippen molar-refractivity contribution in [3.63, 3.8) is 0 Å². The smallest absolute Gasteiger partial charge is 0.303 e. The molecular weight excluding hydrogens is 1470 g/mol. The number of rotatable bonds is 21. The van der Waals surface area contributed by atoms with Gasteiger partial charge in [0.1, 0.15) is 0 Å². The van der Waals surface area contributed by atoms with Crippen LogP contribution in [0.3, 0.4) is 0 Å². The van der Waals surface area contributed by atoms with Gasteiger partial charge in [0.05, 0.1) is 6.10 Å². The van der Waals surface area contributed by atoms with Crippen LogP contribution in [0.4, 0.5) is 31.4 Å². The van der Waals surface area contributed by atoms with E-state index in [-0.39, 0.29) is 29.5 Å². The van der Waals surface area contributed by atoms with Gasteiger partial charge in [-0.1, -0.05) is 107 Å². The summed E-state index contributed by atoms with van der Waals surface area (Å²) >= 11 is 1.53. The largest absolute Gasteiger partial charge is 0.455 e. The summed E-state index contributed by atoms with van der Waals surface area (Å²) in [7, 11) is 0. The molecule has 0 radical (unpaired) electrons. The van der Waals surface area contributed by atoms with Crippen LogP contribution < -0.4 is 46.7 Å². The number of aryl methyl sites for hydroxylation is 3. The molecule has 6 fully saturated rings. The van der Waals surface area contributed by atoms with Gasteiger partial charge in [-0.05, 0) is 160 Å². The van der Waals surface area contributed by atoms with Crippen LogP contribution in [-0.4, -0.2) is 137 Å². The van der Waals surface area contributed by atoms with E-state index in [0.717, 1.165) is 87.4 Å². The highest BCUT2D eigenvalue weighted by molar-refractivity contribution is 8.12. The third kappa shape index (κ3) is 18.5. The van der Waals surface area contributed by atoms with E-state index in [4.69, 9.17) is 42.6 Å². The maximum absolute atomic E-state index is 15.8. The van der Waals surface area contributed by atoms with Gasteiger partial charge in [0.2, 0.25) is 5.91 Å². The van der Waals surface area contributed by atoms with Crippen LogP contribution in [0.2, 0.25) is 0 Å². The number of ketones is 1. The van der Waals surface area contributed by atoms with Crippen molar-refractivity contribution in [1.29, 1.82) is 0 Å². The summed E-state index contributed by atoms with van der Waals surface area (Å²) in [5.74, 6) is -9.30. The van der Waals surface area contributed by atoms with Gasteiger partial charge in [-0.25, -0.2) is 0 Å². The number of allylic oxidation sites excluding steroid dienone is 2. The molecule has 0 bridgehead atoms. The number of amides is 6. The zero-order valence-corrected chi connectivity index (χ0v) is 66.2. The maximum Gasteiger partial charge on any atom is 0.303 e. The van der Waals surface area contributed by atoms with Crippen LogP contribution in [0.5, 0.6) is 0 Å². The molecule has 0 unspecified atom stereocenters. The summed E-state index contributed by atoms with van der Waals surface area (Å²) in [5, 5.41) is 4.41. The minimum absolute atomic E-state index is 0.0377. The minimum atomic E-state index is -2.23. The number of carbonyl (C=O) groups is 12. The Bertz CT molecular complexity index is 4020. The fourth-order valence-electron chi connectivity index (χ4n) is 17.9. The quantitative estimate of drug-likeness (QED) is 0.0157. The Morgan fingerprint density at radius 3 is 1.31 bits per heavy atom. The monoisotopic (exact) mass is 1570 g/mol. The number of hydrogen-bond acceptors (Lipinski definition) is 30. The van der Waals surface area contributed by atoms with Gasteiger partial charge in [0, 0.05) is 98.9 Å². The first kappa shape index (κ1) is 83.5. The first-order valence-electron chi connectivity index (χ1n) is 36.3. The Hall–Kier alpha value is -7.99. The van der Waals surface area contributed by atoms with Crippen molar-refractivity contribution < 1.29 is 100 Å². The normalized spacial score (nSPS) is 32.8. The van der Waals surface area contributed by atoms with Gasteiger partial charge in [0.25, 0.3) is 11.8 Å². The van der Waals surface area contributed by atoms with E-state index in [1.54, 1.807) is 24.3 Å². The van der Waals surface area contributed by atoms with Gasteiger partial charge in [-0.2, -0.15) is 14.5 Å². The average molecular weight is 1570 g/mol. The summed E-state index contributed by atoms with van der Waals surface area (Å²) < 4.78 is 56.1. The van der Waals surface area contributed by atoms with Crippen molar-refractivity contribution in [1.82, 2.24) is 30.4 Å². The molecule has 109 heavy (non-hydrogen) atoms. The second-order valence-corrected chi connectivity index (χ2v) is 33.8. The van der Waals surface area contributed by atoms with Gasteiger partial charge < -0.3 is 58.9 Å². The summed E-state index contributed by atoms with van der Waals surface area (Å²) in [6.07, 6.45) is -14.8. The number of hydrazine groups is 3. The number of benzene rings is 3. The lowest BCUT2D eigenvalue weighted by molar-refractivity contribution is -0.370. The van der Waals surface area contributed by atoms with Crippen LogP contribution in [0.1, 0.15) is 158 Å². The molecule has 2 saturated heterocycles. The van der Waals surface area contributed by atoms with Gasteiger partial charge in [-0.15, -0.1) is 0 Å². The summed E-state index contributed by atoms with van der Waals surface area (Å²) in [4.78, 5) is 175. The second-order valence-electron chi connectivity index (χ2n) is 31.4. The van der Waals surface area contributed by atoms with Crippen LogP contribution in [-0.2, 0) is 85.8 Å². The van der Waals surface area contributed by atoms with E-state index < -0.39 is 164 Å². The van der Waals surface area contributed by atoms with Crippen LogP contribution in [0.25, 0.3) is 0 Å². The van der Waals surface area contributed by atoms with E-state index in [1.165, 1.54) is 0 Å². The number of esters is 5.